The Hall–Kier alpha value is -4.30. The second kappa shape index (κ2) is 11.7. The van der Waals surface area contributed by atoms with Gasteiger partial charge in [0.15, 0.2) is 16.5 Å². The standard InChI is InChI=1S/C21H24N10O7S3/c1-6(18(34)35)38-29-10(8-5-40-20(25)26-8)15(32)27-11-16(33)31-12(19(36)37)7(3-39-17(11)31)4-41-21-28-13(23)9(22)14(24)30(21)2/h5-6,11,17H,3-4H2,1-2H3,(H10,22,23,24,25,26,27,29,32,34,35,36,37)/t6?,11?,17-/m1/s1. The van der Waals surface area contributed by atoms with E-state index in [0.29, 0.717) is 10.7 Å². The highest BCUT2D eigenvalue weighted by atomic mass is 32.2. The molecule has 17 nitrogen and oxygen atoms in total. The van der Waals surface area contributed by atoms with Crippen molar-refractivity contribution in [2.75, 3.05) is 34.4 Å². The number of aromatic nitrogens is 3. The van der Waals surface area contributed by atoms with Crippen LogP contribution < -0.4 is 37.9 Å². The second-order valence-electron chi connectivity index (χ2n) is 8.62. The van der Waals surface area contributed by atoms with Crippen LogP contribution in [0.15, 0.2) is 27.0 Å². The molecule has 2 aliphatic rings. The lowest BCUT2D eigenvalue weighted by Gasteiger charge is -2.50. The van der Waals surface area contributed by atoms with Gasteiger partial charge in [-0.2, -0.15) is 0 Å². The molecular formula is C21H24N10O7S3. The zero-order valence-electron chi connectivity index (χ0n) is 21.4. The summed E-state index contributed by atoms with van der Waals surface area (Å²) in [6.07, 6.45) is -1.38. The van der Waals surface area contributed by atoms with E-state index in [1.165, 1.54) is 28.6 Å². The number of rotatable bonds is 10. The first-order valence-electron chi connectivity index (χ1n) is 11.5. The number of carboxylic acids is 2. The first-order chi connectivity index (χ1) is 19.3. The van der Waals surface area contributed by atoms with Gasteiger partial charge in [-0.3, -0.25) is 14.5 Å². The Balaban J connectivity index is 1.52. The molecule has 3 atom stereocenters. The van der Waals surface area contributed by atoms with Crippen molar-refractivity contribution in [3.05, 3.63) is 22.3 Å². The molecule has 41 heavy (non-hydrogen) atoms. The van der Waals surface area contributed by atoms with Crippen molar-refractivity contribution in [1.82, 2.24) is 20.2 Å². The molecule has 1 fully saturated rings. The zero-order valence-corrected chi connectivity index (χ0v) is 23.8. The van der Waals surface area contributed by atoms with Gasteiger partial charge in [-0.05, 0) is 24.3 Å². The average molecular weight is 625 g/mol. The van der Waals surface area contributed by atoms with E-state index in [2.05, 4.69) is 20.4 Å². The minimum absolute atomic E-state index is 0.00265. The molecule has 1 saturated heterocycles. The number of hydrogen-bond donors (Lipinski definition) is 6. The predicted molar refractivity (Wildman–Crippen MR) is 148 cm³/mol. The fraction of sp³-hybridized carbons (Fsp3) is 0.333. The number of β-lactam (4-membered cyclic amide) rings is 1. The normalized spacial score (nSPS) is 19.3. The zero-order chi connectivity index (χ0) is 30.2. The number of thioether (sulfide) groups is 2. The van der Waals surface area contributed by atoms with Crippen LogP contribution in [-0.4, -0.2) is 78.5 Å². The Kier molecular flexibility index (Phi) is 8.44. The van der Waals surface area contributed by atoms with E-state index < -0.39 is 47.0 Å². The van der Waals surface area contributed by atoms with Crippen LogP contribution in [-0.2, 0) is 31.1 Å². The molecule has 0 aliphatic carbocycles. The number of amides is 2. The number of hydrogen-bond acceptors (Lipinski definition) is 16. The number of nitrogens with zero attached hydrogens (tertiary/aromatic N) is 5. The van der Waals surface area contributed by atoms with Crippen LogP contribution in [0.3, 0.4) is 0 Å². The van der Waals surface area contributed by atoms with Crippen molar-refractivity contribution in [3.63, 3.8) is 0 Å². The lowest BCUT2D eigenvalue weighted by molar-refractivity contribution is -0.698. The van der Waals surface area contributed by atoms with E-state index in [0.717, 1.165) is 28.0 Å². The van der Waals surface area contributed by atoms with E-state index >= 15 is 0 Å². The Labute approximate surface area is 244 Å². The molecule has 4 heterocycles. The molecule has 0 saturated carbocycles. The summed E-state index contributed by atoms with van der Waals surface area (Å²) < 4.78 is 1.50. The van der Waals surface area contributed by atoms with Gasteiger partial charge in [0.05, 0.1) is 18.7 Å². The highest BCUT2D eigenvalue weighted by Gasteiger charge is 2.53. The second-order valence-corrected chi connectivity index (χ2v) is 11.6. The maximum Gasteiger partial charge on any atom is 0.347 e. The van der Waals surface area contributed by atoms with Crippen LogP contribution >= 0.6 is 34.9 Å². The van der Waals surface area contributed by atoms with Gasteiger partial charge in [0.1, 0.15) is 17.1 Å². The summed E-state index contributed by atoms with van der Waals surface area (Å²) in [5.41, 5.74) is 23.0. The summed E-state index contributed by atoms with van der Waals surface area (Å²) in [6.45, 7) is 1.21. The van der Waals surface area contributed by atoms with E-state index in [9.17, 15) is 24.3 Å². The van der Waals surface area contributed by atoms with Gasteiger partial charge in [-0.15, -0.1) is 23.1 Å². The average Bonchev–Trinajstić information content (AvgIpc) is 3.36. The summed E-state index contributed by atoms with van der Waals surface area (Å²) in [5.74, 6) is -3.94. The van der Waals surface area contributed by atoms with E-state index in [-0.39, 0.29) is 45.4 Å². The third-order valence-corrected chi connectivity index (χ3v) is 9.08. The number of carbonyl (C=O) groups excluding carboxylic acids is 3. The number of carbonyl (C=O) groups is 4. The molecule has 0 spiro atoms. The van der Waals surface area contributed by atoms with Gasteiger partial charge < -0.3 is 48.1 Å². The first kappa shape index (κ1) is 29.7. The van der Waals surface area contributed by atoms with Crippen LogP contribution in [0.5, 0.6) is 0 Å². The molecule has 2 aliphatic heterocycles. The molecule has 4 rings (SSSR count). The summed E-state index contributed by atoms with van der Waals surface area (Å²) in [5, 5.41) is 28.4. The lowest BCUT2D eigenvalue weighted by atomic mass is 10.0. The summed E-state index contributed by atoms with van der Waals surface area (Å²) in [7, 11) is 1.62. The third-order valence-electron chi connectivity index (χ3n) is 5.95. The van der Waals surface area contributed by atoms with E-state index in [1.54, 1.807) is 7.05 Å². The summed E-state index contributed by atoms with van der Waals surface area (Å²) in [6, 6.07) is -1.12. The fourth-order valence-corrected chi connectivity index (χ4v) is 6.72. The molecular weight excluding hydrogens is 600 g/mol. The fourth-order valence-electron chi connectivity index (χ4n) is 3.70. The highest BCUT2D eigenvalue weighted by Crippen LogP contribution is 2.41. The smallest absolute Gasteiger partial charge is 0.347 e. The van der Waals surface area contributed by atoms with Crippen molar-refractivity contribution >= 4 is 86.8 Å². The molecule has 2 aromatic rings. The molecule has 2 unspecified atom stereocenters. The minimum Gasteiger partial charge on any atom is -0.543 e. The van der Waals surface area contributed by atoms with E-state index in [4.69, 9.17) is 32.9 Å². The monoisotopic (exact) mass is 624 g/mol. The Morgan fingerprint density at radius 3 is 2.66 bits per heavy atom. The van der Waals surface area contributed by atoms with Crippen LogP contribution in [0.2, 0.25) is 0 Å². The van der Waals surface area contributed by atoms with Crippen molar-refractivity contribution in [2.45, 2.75) is 29.6 Å². The molecule has 2 amide bonds. The minimum atomic E-state index is -1.56. The number of fused-ring (bicyclic) bond motifs is 1. The Morgan fingerprint density at radius 1 is 1.34 bits per heavy atom. The molecule has 0 aromatic carbocycles. The lowest BCUT2D eigenvalue weighted by Crippen LogP contribution is -2.71. The van der Waals surface area contributed by atoms with Gasteiger partial charge in [-0.1, -0.05) is 10.1 Å². The van der Waals surface area contributed by atoms with Gasteiger partial charge >= 0.3 is 11.1 Å². The number of carboxylic acid groups (broad SMARTS) is 2. The molecule has 2 aromatic heterocycles. The number of anilines is 4. The highest BCUT2D eigenvalue weighted by molar-refractivity contribution is 8.01. The van der Waals surface area contributed by atoms with Crippen molar-refractivity contribution in [2.24, 2.45) is 12.2 Å². The number of aliphatic carboxylic acids is 2. The molecule has 20 heteroatoms. The number of nitrogens with one attached hydrogen (secondary N) is 1. The third kappa shape index (κ3) is 5.79. The number of oxime groups is 1. The van der Waals surface area contributed by atoms with Crippen LogP contribution in [0.25, 0.3) is 0 Å². The summed E-state index contributed by atoms with van der Waals surface area (Å²) >= 11 is 3.38. The molecule has 218 valence electrons. The molecule has 10 N–H and O–H groups in total. The van der Waals surface area contributed by atoms with Gasteiger partial charge in [-0.25, -0.2) is 14.3 Å². The Morgan fingerprint density at radius 2 is 2.05 bits per heavy atom. The maximum absolute atomic E-state index is 13.1. The van der Waals surface area contributed by atoms with E-state index in [1.807, 2.05) is 0 Å². The largest absolute Gasteiger partial charge is 0.543 e. The van der Waals surface area contributed by atoms with Gasteiger partial charge in [0.2, 0.25) is 17.7 Å². The Bertz CT molecular complexity index is 1510. The van der Waals surface area contributed by atoms with Crippen LogP contribution in [0.4, 0.5) is 22.5 Å². The van der Waals surface area contributed by atoms with Crippen molar-refractivity contribution in [3.8, 4) is 0 Å². The first-order valence-corrected chi connectivity index (χ1v) is 14.4. The maximum atomic E-state index is 13.1. The summed E-state index contributed by atoms with van der Waals surface area (Å²) in [4.78, 5) is 63.5. The molecule has 0 bridgehead atoms. The van der Waals surface area contributed by atoms with Gasteiger partial charge in [0.25, 0.3) is 11.8 Å². The van der Waals surface area contributed by atoms with Crippen LogP contribution in [0.1, 0.15) is 12.6 Å². The van der Waals surface area contributed by atoms with Crippen molar-refractivity contribution in [1.29, 1.82) is 0 Å². The van der Waals surface area contributed by atoms with Crippen LogP contribution in [0, 0.1) is 0 Å². The quantitative estimate of drug-likeness (QED) is 0.0385. The SMILES string of the molecule is CC(O/N=C(\C(=O)NC1C(=O)N2C(C(=O)[O-])=C(CSc3nc(N)c(N)c(N)[n+]3C)CS[C@H]12)c1csc(N)n1)C(=O)O. The predicted octanol–water partition coefficient (Wildman–Crippen LogP) is -2.92. The number of thiazole rings is 1. The topological polar surface area (TPSA) is 282 Å². The van der Waals surface area contributed by atoms with Crippen molar-refractivity contribution < 1.29 is 38.8 Å². The number of nitrogens with two attached hydrogens (primary N) is 4. The number of nitrogen functional groups attached to an aromatic ring is 4. The molecule has 0 radical (unpaired) electrons. The van der Waals surface area contributed by atoms with Gasteiger partial charge in [0, 0.05) is 16.9 Å².